The second-order valence-electron chi connectivity index (χ2n) is 7.14. The van der Waals surface area contributed by atoms with E-state index in [0.29, 0.717) is 5.56 Å². The number of aryl methyl sites for hydroxylation is 1. The average Bonchev–Trinajstić information content (AvgIpc) is 3.25. The molecule has 0 aliphatic rings. The number of nitrogens with one attached hydrogen (secondary N) is 1. The Balaban J connectivity index is 1.59. The number of aldehydes is 1. The fourth-order valence-electron chi connectivity index (χ4n) is 3.30. The summed E-state index contributed by atoms with van der Waals surface area (Å²) in [6, 6.07) is 19.1. The van der Waals surface area contributed by atoms with Crippen molar-refractivity contribution in [1.82, 2.24) is 4.98 Å². The van der Waals surface area contributed by atoms with Crippen molar-refractivity contribution < 1.29 is 9.90 Å². The summed E-state index contributed by atoms with van der Waals surface area (Å²) in [6.07, 6.45) is 3.62. The summed E-state index contributed by atoms with van der Waals surface area (Å²) in [5.41, 5.74) is 5.17. The number of carbonyl (C=O) groups excluding carboxylic acids is 1. The van der Waals surface area contributed by atoms with E-state index in [4.69, 9.17) is 0 Å². The van der Waals surface area contributed by atoms with E-state index in [0.717, 1.165) is 38.8 Å². The lowest BCUT2D eigenvalue weighted by Gasteiger charge is -2.14. The highest BCUT2D eigenvalue weighted by Crippen LogP contribution is 2.37. The third-order valence-corrected chi connectivity index (χ3v) is 7.20. The van der Waals surface area contributed by atoms with Crippen molar-refractivity contribution in [2.24, 2.45) is 0 Å². The van der Waals surface area contributed by atoms with Crippen LogP contribution >= 0.6 is 23.1 Å². The summed E-state index contributed by atoms with van der Waals surface area (Å²) in [7, 11) is 1.92. The van der Waals surface area contributed by atoms with Crippen LogP contribution in [0, 0.1) is 6.92 Å². The monoisotopic (exact) mass is 446 g/mol. The van der Waals surface area contributed by atoms with E-state index in [1.807, 2.05) is 49.6 Å². The third-order valence-electron chi connectivity index (χ3n) is 5.01. The van der Waals surface area contributed by atoms with Crippen LogP contribution in [0.2, 0.25) is 0 Å². The molecule has 0 aliphatic carbocycles. The number of phenolic OH excluding ortho intramolecular Hbond substituents is 1. The fraction of sp³-hybridized carbons (Fsp3) is 0.120. The highest BCUT2D eigenvalue weighted by atomic mass is 32.2. The fourth-order valence-corrected chi connectivity index (χ4v) is 5.37. The standard InChI is InChI=1S/C25H22N2O2S2/c1-16-11-24(31-23-6-4-3-5-18(23)15-28)22(26-2)13-19(16)12-21-14-27-25(30-21)17-7-9-20(29)10-8-17/h3-11,13-15,26,29H,12H2,1-2H3. The van der Waals surface area contributed by atoms with Gasteiger partial charge in [0.15, 0.2) is 6.29 Å². The lowest BCUT2D eigenvalue weighted by atomic mass is 10.0. The van der Waals surface area contributed by atoms with Gasteiger partial charge in [0.05, 0.1) is 0 Å². The number of rotatable bonds is 7. The zero-order valence-electron chi connectivity index (χ0n) is 17.3. The summed E-state index contributed by atoms with van der Waals surface area (Å²) < 4.78 is 0. The zero-order chi connectivity index (χ0) is 21.8. The highest BCUT2D eigenvalue weighted by Gasteiger charge is 2.12. The van der Waals surface area contributed by atoms with E-state index < -0.39 is 0 Å². The molecule has 0 fully saturated rings. The van der Waals surface area contributed by atoms with E-state index in [2.05, 4.69) is 29.4 Å². The molecule has 0 radical (unpaired) electrons. The molecule has 0 spiro atoms. The van der Waals surface area contributed by atoms with Crippen LogP contribution in [0.1, 0.15) is 26.4 Å². The van der Waals surface area contributed by atoms with Crippen LogP contribution in [-0.2, 0) is 6.42 Å². The molecule has 4 rings (SSSR count). The Labute approximate surface area is 190 Å². The van der Waals surface area contributed by atoms with Crippen molar-refractivity contribution in [3.63, 3.8) is 0 Å². The number of anilines is 1. The maximum atomic E-state index is 11.4. The lowest BCUT2D eigenvalue weighted by molar-refractivity contribution is 0.112. The van der Waals surface area contributed by atoms with Crippen molar-refractivity contribution in [2.75, 3.05) is 12.4 Å². The van der Waals surface area contributed by atoms with E-state index in [9.17, 15) is 9.90 Å². The second-order valence-corrected chi connectivity index (χ2v) is 9.34. The molecule has 4 aromatic rings. The Hall–Kier alpha value is -3.09. The molecule has 0 aliphatic heterocycles. The predicted octanol–water partition coefficient (Wildman–Crippen LogP) is 6.42. The third kappa shape index (κ3) is 4.81. The first-order valence-electron chi connectivity index (χ1n) is 9.85. The molecule has 1 heterocycles. The summed E-state index contributed by atoms with van der Waals surface area (Å²) in [5.74, 6) is 0.254. The van der Waals surface area contributed by atoms with Crippen molar-refractivity contribution in [3.8, 4) is 16.3 Å². The molecule has 0 bridgehead atoms. The van der Waals surface area contributed by atoms with Gasteiger partial charge in [-0.2, -0.15) is 0 Å². The van der Waals surface area contributed by atoms with Crippen LogP contribution < -0.4 is 5.32 Å². The molecule has 0 amide bonds. The van der Waals surface area contributed by atoms with E-state index in [-0.39, 0.29) is 5.75 Å². The molecule has 0 saturated heterocycles. The number of thiazole rings is 1. The minimum Gasteiger partial charge on any atom is -0.508 e. The van der Waals surface area contributed by atoms with Gasteiger partial charge in [0, 0.05) is 51.1 Å². The number of aromatic nitrogens is 1. The Morgan fingerprint density at radius 1 is 1.10 bits per heavy atom. The van der Waals surface area contributed by atoms with Crippen molar-refractivity contribution >= 4 is 35.1 Å². The highest BCUT2D eigenvalue weighted by molar-refractivity contribution is 7.99. The van der Waals surface area contributed by atoms with Crippen molar-refractivity contribution in [1.29, 1.82) is 0 Å². The van der Waals surface area contributed by atoms with Crippen molar-refractivity contribution in [3.05, 3.63) is 88.4 Å². The van der Waals surface area contributed by atoms with Gasteiger partial charge in [0.2, 0.25) is 0 Å². The Morgan fingerprint density at radius 3 is 2.61 bits per heavy atom. The maximum absolute atomic E-state index is 11.4. The summed E-state index contributed by atoms with van der Waals surface area (Å²) >= 11 is 3.26. The Kier molecular flexibility index (Phi) is 6.39. The number of hydrogen-bond acceptors (Lipinski definition) is 6. The summed E-state index contributed by atoms with van der Waals surface area (Å²) in [6.45, 7) is 2.12. The van der Waals surface area contributed by atoms with Gasteiger partial charge in [-0.05, 0) is 60.5 Å². The minimum absolute atomic E-state index is 0.254. The number of carbonyl (C=O) groups is 1. The van der Waals surface area contributed by atoms with Crippen LogP contribution in [0.15, 0.2) is 76.7 Å². The number of hydrogen-bond donors (Lipinski definition) is 2. The van der Waals surface area contributed by atoms with Crippen LogP contribution in [-0.4, -0.2) is 23.4 Å². The van der Waals surface area contributed by atoms with Gasteiger partial charge < -0.3 is 10.4 Å². The van der Waals surface area contributed by atoms with Crippen LogP contribution in [0.25, 0.3) is 10.6 Å². The van der Waals surface area contributed by atoms with Gasteiger partial charge in [0.1, 0.15) is 10.8 Å². The van der Waals surface area contributed by atoms with Gasteiger partial charge in [-0.15, -0.1) is 11.3 Å². The van der Waals surface area contributed by atoms with Gasteiger partial charge in [-0.1, -0.05) is 30.0 Å². The van der Waals surface area contributed by atoms with Gasteiger partial charge in [-0.3, -0.25) is 4.79 Å². The quantitative estimate of drug-likeness (QED) is 0.321. The normalized spacial score (nSPS) is 10.8. The van der Waals surface area contributed by atoms with Crippen LogP contribution in [0.3, 0.4) is 0 Å². The smallest absolute Gasteiger partial charge is 0.151 e. The predicted molar refractivity (Wildman–Crippen MR) is 129 cm³/mol. The lowest BCUT2D eigenvalue weighted by Crippen LogP contribution is -1.97. The average molecular weight is 447 g/mol. The molecule has 31 heavy (non-hydrogen) atoms. The molecular weight excluding hydrogens is 424 g/mol. The molecule has 3 aromatic carbocycles. The molecule has 6 heteroatoms. The van der Waals surface area contributed by atoms with Gasteiger partial charge >= 0.3 is 0 Å². The molecule has 0 saturated carbocycles. The Morgan fingerprint density at radius 2 is 1.87 bits per heavy atom. The number of benzene rings is 3. The maximum Gasteiger partial charge on any atom is 0.151 e. The molecular formula is C25H22N2O2S2. The van der Waals surface area contributed by atoms with Crippen LogP contribution in [0.4, 0.5) is 5.69 Å². The second kappa shape index (κ2) is 9.37. The number of nitrogens with zero attached hydrogens (tertiary/aromatic N) is 1. The molecule has 2 N–H and O–H groups in total. The largest absolute Gasteiger partial charge is 0.508 e. The molecule has 4 nitrogen and oxygen atoms in total. The first-order valence-corrected chi connectivity index (χ1v) is 11.5. The SMILES string of the molecule is CNc1cc(Cc2cnc(-c3ccc(O)cc3)s2)c(C)cc1Sc1ccccc1C=O. The topological polar surface area (TPSA) is 62.2 Å². The van der Waals surface area contributed by atoms with E-state index >= 15 is 0 Å². The number of phenols is 1. The molecule has 156 valence electrons. The van der Waals surface area contributed by atoms with E-state index in [1.165, 1.54) is 16.0 Å². The minimum atomic E-state index is 0.254. The van der Waals surface area contributed by atoms with Gasteiger partial charge in [0.25, 0.3) is 0 Å². The molecule has 1 aromatic heterocycles. The molecule has 0 unspecified atom stereocenters. The summed E-state index contributed by atoms with van der Waals surface area (Å²) in [4.78, 5) is 19.1. The van der Waals surface area contributed by atoms with Crippen LogP contribution in [0.5, 0.6) is 5.75 Å². The Bertz CT molecular complexity index is 1220. The summed E-state index contributed by atoms with van der Waals surface area (Å²) in [5, 5.41) is 13.7. The molecule has 0 atom stereocenters. The van der Waals surface area contributed by atoms with Crippen molar-refractivity contribution in [2.45, 2.75) is 23.1 Å². The first-order chi connectivity index (χ1) is 15.1. The van der Waals surface area contributed by atoms with Gasteiger partial charge in [-0.25, -0.2) is 4.98 Å². The first kappa shape index (κ1) is 21.2. The van der Waals surface area contributed by atoms with E-state index in [1.54, 1.807) is 35.2 Å². The zero-order valence-corrected chi connectivity index (χ0v) is 18.9. The number of aromatic hydroxyl groups is 1.